The van der Waals surface area contributed by atoms with Gasteiger partial charge in [0.1, 0.15) is 5.82 Å². The fourth-order valence-electron chi connectivity index (χ4n) is 1.98. The average Bonchev–Trinajstić information content (AvgIpc) is 2.17. The zero-order valence-corrected chi connectivity index (χ0v) is 8.55. The van der Waals surface area contributed by atoms with Gasteiger partial charge in [0.15, 0.2) is 0 Å². The molecule has 0 fully saturated rings. The molecule has 1 unspecified atom stereocenters. The second-order valence-corrected chi connectivity index (χ2v) is 3.68. The Bertz CT molecular complexity index is 338. The molecule has 0 spiro atoms. The predicted octanol–water partition coefficient (Wildman–Crippen LogP) is 2.47. The molecule has 0 amide bonds. The Morgan fingerprint density at radius 3 is 3.07 bits per heavy atom. The molecule has 1 aromatic rings. The van der Waals surface area contributed by atoms with Crippen LogP contribution in [0.3, 0.4) is 0 Å². The molecule has 3 heteroatoms. The third kappa shape index (κ3) is 1.43. The minimum atomic E-state index is -0.168. The van der Waals surface area contributed by atoms with Crippen LogP contribution in [-0.2, 0) is 0 Å². The Kier molecular flexibility index (Phi) is 2.32. The van der Waals surface area contributed by atoms with Crippen LogP contribution in [0.25, 0.3) is 0 Å². The van der Waals surface area contributed by atoms with Crippen molar-refractivity contribution in [3.05, 3.63) is 24.0 Å². The smallest absolute Gasteiger partial charge is 0.125 e. The van der Waals surface area contributed by atoms with E-state index in [4.69, 9.17) is 0 Å². The molecular weight excluding hydrogens is 179 g/mol. The van der Waals surface area contributed by atoms with E-state index in [1.54, 1.807) is 12.1 Å². The van der Waals surface area contributed by atoms with Crippen LogP contribution in [0.5, 0.6) is 0 Å². The molecule has 0 saturated heterocycles. The van der Waals surface area contributed by atoms with E-state index in [2.05, 4.69) is 24.1 Å². The molecule has 2 nitrogen and oxygen atoms in total. The van der Waals surface area contributed by atoms with Crippen molar-refractivity contribution in [1.82, 2.24) is 0 Å². The van der Waals surface area contributed by atoms with E-state index in [1.807, 2.05) is 0 Å². The van der Waals surface area contributed by atoms with Crippen LogP contribution in [0.1, 0.15) is 13.8 Å². The third-order valence-electron chi connectivity index (χ3n) is 2.73. The van der Waals surface area contributed by atoms with Crippen LogP contribution in [0, 0.1) is 5.82 Å². The van der Waals surface area contributed by atoms with E-state index in [0.29, 0.717) is 6.04 Å². The maximum Gasteiger partial charge on any atom is 0.125 e. The number of likely N-dealkylation sites (N-methyl/N-ethyl adjacent to an activating group) is 1. The second kappa shape index (κ2) is 3.48. The van der Waals surface area contributed by atoms with Gasteiger partial charge in [0.2, 0.25) is 0 Å². The van der Waals surface area contributed by atoms with Crippen LogP contribution in [-0.4, -0.2) is 19.1 Å². The van der Waals surface area contributed by atoms with Gasteiger partial charge in [-0.1, -0.05) is 0 Å². The van der Waals surface area contributed by atoms with Crippen LogP contribution in [0.2, 0.25) is 0 Å². The Labute approximate surface area is 83.7 Å². The Morgan fingerprint density at radius 1 is 1.57 bits per heavy atom. The van der Waals surface area contributed by atoms with Gasteiger partial charge in [-0.2, -0.15) is 0 Å². The molecule has 0 aromatic heterocycles. The fraction of sp³-hybridized carbons (Fsp3) is 0.455. The molecule has 2 rings (SSSR count). The van der Waals surface area contributed by atoms with E-state index in [9.17, 15) is 4.39 Å². The average molecular weight is 194 g/mol. The number of fused-ring (bicyclic) bond motifs is 1. The van der Waals surface area contributed by atoms with E-state index < -0.39 is 0 Å². The van der Waals surface area contributed by atoms with E-state index in [0.717, 1.165) is 24.5 Å². The van der Waals surface area contributed by atoms with E-state index in [-0.39, 0.29) is 5.82 Å². The second-order valence-electron chi connectivity index (χ2n) is 3.68. The van der Waals surface area contributed by atoms with Crippen molar-refractivity contribution in [1.29, 1.82) is 0 Å². The molecule has 0 bridgehead atoms. The first-order valence-electron chi connectivity index (χ1n) is 5.02. The maximum atomic E-state index is 13.1. The predicted molar refractivity (Wildman–Crippen MR) is 57.4 cm³/mol. The SMILES string of the molecule is CCN1c2cc(F)ccc2NCC1C. The fourth-order valence-corrected chi connectivity index (χ4v) is 1.98. The lowest BCUT2D eigenvalue weighted by molar-refractivity contribution is 0.617. The van der Waals surface area contributed by atoms with Crippen molar-refractivity contribution in [3.8, 4) is 0 Å². The van der Waals surface area contributed by atoms with Gasteiger partial charge in [0.05, 0.1) is 11.4 Å². The number of benzene rings is 1. The van der Waals surface area contributed by atoms with Crippen molar-refractivity contribution in [2.24, 2.45) is 0 Å². The van der Waals surface area contributed by atoms with Crippen molar-refractivity contribution >= 4 is 11.4 Å². The molecule has 1 aliphatic heterocycles. The number of nitrogens with zero attached hydrogens (tertiary/aromatic N) is 1. The van der Waals surface area contributed by atoms with E-state index in [1.165, 1.54) is 6.07 Å². The summed E-state index contributed by atoms with van der Waals surface area (Å²) in [5, 5.41) is 3.30. The van der Waals surface area contributed by atoms with Gasteiger partial charge >= 0.3 is 0 Å². The number of hydrogen-bond acceptors (Lipinski definition) is 2. The van der Waals surface area contributed by atoms with Crippen LogP contribution < -0.4 is 10.2 Å². The standard InChI is InChI=1S/C11H15FN2/c1-3-14-8(2)7-13-10-5-4-9(12)6-11(10)14/h4-6,8,13H,3,7H2,1-2H3. The molecule has 0 aliphatic carbocycles. The first-order chi connectivity index (χ1) is 6.72. The van der Waals surface area contributed by atoms with Gasteiger partial charge < -0.3 is 10.2 Å². The number of nitrogens with one attached hydrogen (secondary N) is 1. The molecule has 0 saturated carbocycles. The summed E-state index contributed by atoms with van der Waals surface area (Å²) in [6.07, 6.45) is 0. The summed E-state index contributed by atoms with van der Waals surface area (Å²) in [4.78, 5) is 2.22. The normalized spacial score (nSPS) is 20.2. The Hall–Kier alpha value is -1.25. The molecule has 1 N–H and O–H groups in total. The van der Waals surface area contributed by atoms with Crippen LogP contribution >= 0.6 is 0 Å². The largest absolute Gasteiger partial charge is 0.381 e. The van der Waals surface area contributed by atoms with E-state index >= 15 is 0 Å². The highest BCUT2D eigenvalue weighted by Crippen LogP contribution is 2.31. The van der Waals surface area contributed by atoms with Gasteiger partial charge in [0, 0.05) is 19.1 Å². The molecular formula is C11H15FN2. The summed E-state index contributed by atoms with van der Waals surface area (Å²) in [6.45, 7) is 6.08. The molecule has 1 atom stereocenters. The molecule has 1 heterocycles. The number of hydrogen-bond donors (Lipinski definition) is 1. The molecule has 1 aliphatic rings. The summed E-state index contributed by atoms with van der Waals surface area (Å²) >= 11 is 0. The maximum absolute atomic E-state index is 13.1. The van der Waals surface area contributed by atoms with Crippen molar-refractivity contribution in [2.45, 2.75) is 19.9 Å². The van der Waals surface area contributed by atoms with Crippen LogP contribution in [0.4, 0.5) is 15.8 Å². The minimum Gasteiger partial charge on any atom is -0.381 e. The van der Waals surface area contributed by atoms with Gasteiger partial charge in [-0.05, 0) is 32.0 Å². The highest BCUT2D eigenvalue weighted by atomic mass is 19.1. The minimum absolute atomic E-state index is 0.168. The van der Waals surface area contributed by atoms with Gasteiger partial charge in [-0.15, -0.1) is 0 Å². The Balaban J connectivity index is 2.43. The third-order valence-corrected chi connectivity index (χ3v) is 2.73. The number of anilines is 2. The summed E-state index contributed by atoms with van der Waals surface area (Å²) < 4.78 is 13.1. The van der Waals surface area contributed by atoms with Crippen molar-refractivity contribution < 1.29 is 4.39 Å². The van der Waals surface area contributed by atoms with Gasteiger partial charge in [-0.25, -0.2) is 4.39 Å². The lowest BCUT2D eigenvalue weighted by Crippen LogP contribution is -2.41. The molecule has 0 radical (unpaired) electrons. The van der Waals surface area contributed by atoms with Crippen LogP contribution in [0.15, 0.2) is 18.2 Å². The first kappa shape index (κ1) is 9.31. The number of rotatable bonds is 1. The van der Waals surface area contributed by atoms with Crippen molar-refractivity contribution in [3.63, 3.8) is 0 Å². The van der Waals surface area contributed by atoms with Gasteiger partial charge in [0.25, 0.3) is 0 Å². The quantitative estimate of drug-likeness (QED) is 0.738. The summed E-state index contributed by atoms with van der Waals surface area (Å²) in [7, 11) is 0. The lowest BCUT2D eigenvalue weighted by Gasteiger charge is -2.36. The molecule has 76 valence electrons. The number of halogens is 1. The summed E-state index contributed by atoms with van der Waals surface area (Å²) in [6, 6.07) is 5.32. The monoisotopic (exact) mass is 194 g/mol. The molecule has 1 aromatic carbocycles. The lowest BCUT2D eigenvalue weighted by atomic mass is 10.1. The highest BCUT2D eigenvalue weighted by Gasteiger charge is 2.21. The molecule has 14 heavy (non-hydrogen) atoms. The summed E-state index contributed by atoms with van der Waals surface area (Å²) in [5.41, 5.74) is 2.01. The highest BCUT2D eigenvalue weighted by molar-refractivity contribution is 5.72. The summed E-state index contributed by atoms with van der Waals surface area (Å²) in [5.74, 6) is -0.168. The Morgan fingerprint density at radius 2 is 2.36 bits per heavy atom. The topological polar surface area (TPSA) is 15.3 Å². The van der Waals surface area contributed by atoms with Crippen molar-refractivity contribution in [2.75, 3.05) is 23.3 Å². The van der Waals surface area contributed by atoms with Gasteiger partial charge in [-0.3, -0.25) is 0 Å². The zero-order chi connectivity index (χ0) is 10.1. The first-order valence-corrected chi connectivity index (χ1v) is 5.02. The zero-order valence-electron chi connectivity index (χ0n) is 8.55.